The average Bonchev–Trinajstić information content (AvgIpc) is 2.92. The van der Waals surface area contributed by atoms with Crippen LogP contribution in [0.1, 0.15) is 52.4 Å². The van der Waals surface area contributed by atoms with Gasteiger partial charge in [0.1, 0.15) is 0 Å². The van der Waals surface area contributed by atoms with Crippen LogP contribution in [0.15, 0.2) is 0 Å². The van der Waals surface area contributed by atoms with E-state index in [9.17, 15) is 9.90 Å². The van der Waals surface area contributed by atoms with Crippen LogP contribution >= 0.6 is 0 Å². The summed E-state index contributed by atoms with van der Waals surface area (Å²) in [4.78, 5) is 16.9. The van der Waals surface area contributed by atoms with Gasteiger partial charge in [-0.2, -0.15) is 0 Å². The van der Waals surface area contributed by atoms with Gasteiger partial charge < -0.3 is 15.3 Å². The highest BCUT2D eigenvalue weighted by atomic mass is 16.3. The first-order valence-corrected chi connectivity index (χ1v) is 9.01. The number of nitrogens with zero attached hydrogens (tertiary/aromatic N) is 2. The maximum absolute atomic E-state index is 12.5. The van der Waals surface area contributed by atoms with Gasteiger partial charge in [0.05, 0.1) is 0 Å². The van der Waals surface area contributed by atoms with Crippen LogP contribution in [0.4, 0.5) is 4.79 Å². The lowest BCUT2D eigenvalue weighted by molar-refractivity contribution is 0.129. The van der Waals surface area contributed by atoms with Crippen molar-refractivity contribution in [2.45, 2.75) is 64.5 Å². The van der Waals surface area contributed by atoms with E-state index in [1.54, 1.807) is 0 Å². The molecular formula is C17H33N3O2. The highest BCUT2D eigenvalue weighted by Gasteiger charge is 2.29. The Bertz CT molecular complexity index is 347. The second-order valence-corrected chi connectivity index (χ2v) is 7.23. The van der Waals surface area contributed by atoms with Crippen molar-refractivity contribution in [2.75, 3.05) is 32.8 Å². The van der Waals surface area contributed by atoms with Crippen molar-refractivity contribution in [3.05, 3.63) is 0 Å². The van der Waals surface area contributed by atoms with E-state index in [1.165, 1.54) is 19.3 Å². The van der Waals surface area contributed by atoms with Crippen LogP contribution in [0.3, 0.4) is 0 Å². The SMILES string of the molecule is CC(C)CN1CCC[C@@H]1CNC(=O)N1CCCCC1CCO. The van der Waals surface area contributed by atoms with Gasteiger partial charge in [-0.05, 0) is 51.0 Å². The summed E-state index contributed by atoms with van der Waals surface area (Å²) in [7, 11) is 0. The fraction of sp³-hybridized carbons (Fsp3) is 0.941. The topological polar surface area (TPSA) is 55.8 Å². The summed E-state index contributed by atoms with van der Waals surface area (Å²) in [6, 6.07) is 0.774. The maximum Gasteiger partial charge on any atom is 0.317 e. The Labute approximate surface area is 135 Å². The molecule has 0 aromatic rings. The molecule has 0 radical (unpaired) electrons. The summed E-state index contributed by atoms with van der Waals surface area (Å²) in [6.07, 6.45) is 6.40. The number of rotatable bonds is 6. The molecule has 22 heavy (non-hydrogen) atoms. The van der Waals surface area contributed by atoms with E-state index in [4.69, 9.17) is 0 Å². The predicted octanol–water partition coefficient (Wildman–Crippen LogP) is 2.05. The minimum atomic E-state index is 0.0644. The maximum atomic E-state index is 12.5. The van der Waals surface area contributed by atoms with E-state index < -0.39 is 0 Å². The Morgan fingerprint density at radius 2 is 1.95 bits per heavy atom. The molecule has 5 heteroatoms. The number of carbonyl (C=O) groups excluding carboxylic acids is 1. The number of aliphatic hydroxyl groups is 1. The molecule has 2 aliphatic heterocycles. The van der Waals surface area contributed by atoms with Crippen LogP contribution in [0.25, 0.3) is 0 Å². The summed E-state index contributed by atoms with van der Waals surface area (Å²) in [6.45, 7) is 8.54. The molecule has 2 aliphatic rings. The number of nitrogens with one attached hydrogen (secondary N) is 1. The summed E-state index contributed by atoms with van der Waals surface area (Å²) in [5, 5.41) is 12.3. The zero-order valence-corrected chi connectivity index (χ0v) is 14.3. The normalized spacial score (nSPS) is 26.6. The van der Waals surface area contributed by atoms with Gasteiger partial charge in [-0.3, -0.25) is 4.90 Å². The van der Waals surface area contributed by atoms with Gasteiger partial charge in [-0.15, -0.1) is 0 Å². The molecular weight excluding hydrogens is 278 g/mol. The standard InChI is InChI=1S/C17H33N3O2/c1-14(2)13-19-9-5-7-16(19)12-18-17(22)20-10-4-3-6-15(20)8-11-21/h14-16,21H,3-13H2,1-2H3,(H,18,22)/t15?,16-/m1/s1. The van der Waals surface area contributed by atoms with Crippen molar-refractivity contribution < 1.29 is 9.90 Å². The molecule has 2 amide bonds. The molecule has 0 aliphatic carbocycles. The Hall–Kier alpha value is -0.810. The van der Waals surface area contributed by atoms with E-state index in [2.05, 4.69) is 24.1 Å². The number of likely N-dealkylation sites (tertiary alicyclic amines) is 2. The first-order valence-electron chi connectivity index (χ1n) is 9.01. The molecule has 5 nitrogen and oxygen atoms in total. The number of amides is 2. The lowest BCUT2D eigenvalue weighted by atomic mass is 10.0. The molecule has 0 aromatic carbocycles. The quantitative estimate of drug-likeness (QED) is 0.789. The lowest BCUT2D eigenvalue weighted by Crippen LogP contribution is -2.51. The van der Waals surface area contributed by atoms with Crippen molar-refractivity contribution >= 4 is 6.03 Å². The van der Waals surface area contributed by atoms with Crippen molar-refractivity contribution in [1.82, 2.24) is 15.1 Å². The molecule has 2 atom stereocenters. The lowest BCUT2D eigenvalue weighted by Gasteiger charge is -2.36. The zero-order chi connectivity index (χ0) is 15.9. The van der Waals surface area contributed by atoms with Crippen LogP contribution in [-0.4, -0.2) is 65.8 Å². The molecule has 0 spiro atoms. The summed E-state index contributed by atoms with van der Waals surface area (Å²) < 4.78 is 0. The molecule has 0 aromatic heterocycles. The monoisotopic (exact) mass is 311 g/mol. The number of urea groups is 1. The van der Waals surface area contributed by atoms with Crippen molar-refractivity contribution in [3.63, 3.8) is 0 Å². The van der Waals surface area contributed by atoms with Crippen LogP contribution in [-0.2, 0) is 0 Å². The van der Waals surface area contributed by atoms with Crippen molar-refractivity contribution in [1.29, 1.82) is 0 Å². The molecule has 0 bridgehead atoms. The van der Waals surface area contributed by atoms with Gasteiger partial charge in [0.15, 0.2) is 0 Å². The average molecular weight is 311 g/mol. The van der Waals surface area contributed by atoms with Crippen LogP contribution in [0.5, 0.6) is 0 Å². The van der Waals surface area contributed by atoms with Crippen molar-refractivity contribution in [3.8, 4) is 0 Å². The molecule has 2 saturated heterocycles. The van der Waals surface area contributed by atoms with Crippen LogP contribution < -0.4 is 5.32 Å². The molecule has 2 heterocycles. The summed E-state index contributed by atoms with van der Waals surface area (Å²) in [5.41, 5.74) is 0. The largest absolute Gasteiger partial charge is 0.396 e. The third-order valence-electron chi connectivity index (χ3n) is 4.94. The number of carbonyl (C=O) groups is 1. The van der Waals surface area contributed by atoms with E-state index in [1.807, 2.05) is 4.90 Å². The molecule has 2 fully saturated rings. The molecule has 0 saturated carbocycles. The zero-order valence-electron chi connectivity index (χ0n) is 14.3. The smallest absolute Gasteiger partial charge is 0.317 e. The first-order chi connectivity index (χ1) is 10.6. The minimum Gasteiger partial charge on any atom is -0.396 e. The van der Waals surface area contributed by atoms with Crippen LogP contribution in [0, 0.1) is 5.92 Å². The van der Waals surface area contributed by atoms with Gasteiger partial charge in [0.25, 0.3) is 0 Å². The van der Waals surface area contributed by atoms with Gasteiger partial charge in [-0.1, -0.05) is 13.8 Å². The van der Waals surface area contributed by atoms with E-state index in [0.29, 0.717) is 18.4 Å². The van der Waals surface area contributed by atoms with Crippen molar-refractivity contribution in [2.24, 2.45) is 5.92 Å². The van der Waals surface area contributed by atoms with E-state index >= 15 is 0 Å². The minimum absolute atomic E-state index is 0.0644. The second kappa shape index (κ2) is 8.73. The number of hydrogen-bond donors (Lipinski definition) is 2. The summed E-state index contributed by atoms with van der Waals surface area (Å²) in [5.74, 6) is 0.673. The third kappa shape index (κ3) is 4.85. The predicted molar refractivity (Wildman–Crippen MR) is 88.9 cm³/mol. The Kier molecular flexibility index (Phi) is 6.96. The highest BCUT2D eigenvalue weighted by molar-refractivity contribution is 5.74. The number of aliphatic hydroxyl groups excluding tert-OH is 1. The van der Waals surface area contributed by atoms with Gasteiger partial charge in [0.2, 0.25) is 0 Å². The fourth-order valence-corrected chi connectivity index (χ4v) is 3.86. The second-order valence-electron chi connectivity index (χ2n) is 7.23. The highest BCUT2D eigenvalue weighted by Crippen LogP contribution is 2.21. The molecule has 2 N–H and O–H groups in total. The first kappa shape index (κ1) is 17.5. The number of hydrogen-bond acceptors (Lipinski definition) is 3. The molecule has 2 rings (SSSR count). The van der Waals surface area contributed by atoms with E-state index in [-0.39, 0.29) is 18.7 Å². The Balaban J connectivity index is 1.80. The third-order valence-corrected chi connectivity index (χ3v) is 4.94. The molecule has 128 valence electrons. The fourth-order valence-electron chi connectivity index (χ4n) is 3.86. The van der Waals surface area contributed by atoms with Crippen LogP contribution in [0.2, 0.25) is 0 Å². The van der Waals surface area contributed by atoms with Gasteiger partial charge in [0, 0.05) is 38.3 Å². The number of piperidine rings is 1. The summed E-state index contributed by atoms with van der Waals surface area (Å²) >= 11 is 0. The molecule has 1 unspecified atom stereocenters. The van der Waals surface area contributed by atoms with Gasteiger partial charge in [-0.25, -0.2) is 4.79 Å². The Morgan fingerprint density at radius 1 is 1.18 bits per heavy atom. The van der Waals surface area contributed by atoms with E-state index in [0.717, 1.165) is 39.0 Å². The van der Waals surface area contributed by atoms with Gasteiger partial charge >= 0.3 is 6.03 Å². The Morgan fingerprint density at radius 3 is 2.68 bits per heavy atom.